The van der Waals surface area contributed by atoms with E-state index in [2.05, 4.69) is 10.6 Å². The highest BCUT2D eigenvalue weighted by atomic mass is 35.5. The maximum absolute atomic E-state index is 11.8. The number of carbonyl (C=O) groups excluding carboxylic acids is 2. The van der Waals surface area contributed by atoms with Crippen LogP contribution in [0.3, 0.4) is 0 Å². The van der Waals surface area contributed by atoms with Crippen molar-refractivity contribution in [3.8, 4) is 0 Å². The van der Waals surface area contributed by atoms with E-state index >= 15 is 0 Å². The Morgan fingerprint density at radius 2 is 1.82 bits per heavy atom. The van der Waals surface area contributed by atoms with Gasteiger partial charge in [0.1, 0.15) is 6.42 Å². The Balaban J connectivity index is 1.82. The van der Waals surface area contributed by atoms with Gasteiger partial charge in [0.25, 0.3) is 0 Å². The molecule has 2 amide bonds. The fourth-order valence-electron chi connectivity index (χ4n) is 1.97. The van der Waals surface area contributed by atoms with Crippen LogP contribution in [-0.4, -0.2) is 11.8 Å². The van der Waals surface area contributed by atoms with Crippen molar-refractivity contribution in [3.05, 3.63) is 64.7 Å². The maximum atomic E-state index is 11.8. The summed E-state index contributed by atoms with van der Waals surface area (Å²) in [6.45, 7) is 2.24. The van der Waals surface area contributed by atoms with Gasteiger partial charge in [-0.15, -0.1) is 0 Å². The summed E-state index contributed by atoms with van der Waals surface area (Å²) in [5.41, 5.74) is 2.54. The predicted molar refractivity (Wildman–Crippen MR) is 87.7 cm³/mol. The summed E-state index contributed by atoms with van der Waals surface area (Å²) >= 11 is 6.00. The average Bonchev–Trinajstić information content (AvgIpc) is 2.46. The molecule has 0 atom stereocenters. The summed E-state index contributed by atoms with van der Waals surface area (Å²) in [4.78, 5) is 23.6. The Kier molecular flexibility index (Phi) is 5.55. The molecule has 0 bridgehead atoms. The van der Waals surface area contributed by atoms with E-state index in [1.54, 1.807) is 12.1 Å². The van der Waals surface area contributed by atoms with Crippen molar-refractivity contribution in [2.24, 2.45) is 0 Å². The van der Waals surface area contributed by atoms with Crippen LogP contribution in [0.15, 0.2) is 48.5 Å². The van der Waals surface area contributed by atoms with E-state index in [-0.39, 0.29) is 18.2 Å². The smallest absolute Gasteiger partial charge is 0.233 e. The molecule has 0 aliphatic carbocycles. The van der Waals surface area contributed by atoms with Crippen molar-refractivity contribution in [3.63, 3.8) is 0 Å². The van der Waals surface area contributed by atoms with Gasteiger partial charge in [-0.05, 0) is 36.2 Å². The minimum atomic E-state index is -0.345. The van der Waals surface area contributed by atoms with E-state index in [4.69, 9.17) is 11.6 Å². The second kappa shape index (κ2) is 7.61. The van der Waals surface area contributed by atoms with Crippen molar-refractivity contribution in [2.45, 2.75) is 19.9 Å². The molecule has 0 saturated heterocycles. The van der Waals surface area contributed by atoms with E-state index in [1.807, 2.05) is 43.3 Å². The largest absolute Gasteiger partial charge is 0.352 e. The molecule has 0 radical (unpaired) electrons. The normalized spacial score (nSPS) is 10.1. The van der Waals surface area contributed by atoms with Gasteiger partial charge in [0.05, 0.1) is 0 Å². The minimum Gasteiger partial charge on any atom is -0.352 e. The SMILES string of the molecule is Cc1cccc(NC(=O)CC(=O)NCc2ccccc2Cl)c1. The lowest BCUT2D eigenvalue weighted by Gasteiger charge is -2.08. The average molecular weight is 317 g/mol. The number of hydrogen-bond acceptors (Lipinski definition) is 2. The predicted octanol–water partition coefficient (Wildman–Crippen LogP) is 3.29. The first-order chi connectivity index (χ1) is 10.5. The molecule has 0 saturated carbocycles. The molecule has 0 heterocycles. The number of halogens is 1. The monoisotopic (exact) mass is 316 g/mol. The number of rotatable bonds is 5. The fourth-order valence-corrected chi connectivity index (χ4v) is 2.17. The first kappa shape index (κ1) is 16.0. The van der Waals surface area contributed by atoms with Crippen LogP contribution in [0.1, 0.15) is 17.5 Å². The molecule has 2 aromatic carbocycles. The van der Waals surface area contributed by atoms with Crippen LogP contribution >= 0.6 is 11.6 Å². The Bertz CT molecular complexity index is 686. The van der Waals surface area contributed by atoms with Crippen LogP contribution in [0.25, 0.3) is 0 Å². The van der Waals surface area contributed by atoms with Gasteiger partial charge < -0.3 is 10.6 Å². The number of amides is 2. The second-order valence-electron chi connectivity index (χ2n) is 4.96. The van der Waals surface area contributed by atoms with E-state index in [1.165, 1.54) is 0 Å². The lowest BCUT2D eigenvalue weighted by Crippen LogP contribution is -2.27. The zero-order chi connectivity index (χ0) is 15.9. The molecule has 2 N–H and O–H groups in total. The lowest BCUT2D eigenvalue weighted by molar-refractivity contribution is -0.126. The molecule has 4 nitrogen and oxygen atoms in total. The number of nitrogens with one attached hydrogen (secondary N) is 2. The van der Waals surface area contributed by atoms with Crippen molar-refractivity contribution in [1.29, 1.82) is 0 Å². The van der Waals surface area contributed by atoms with Gasteiger partial charge in [-0.2, -0.15) is 0 Å². The van der Waals surface area contributed by atoms with Crippen LogP contribution in [0.2, 0.25) is 5.02 Å². The van der Waals surface area contributed by atoms with Gasteiger partial charge in [0.2, 0.25) is 11.8 Å². The van der Waals surface area contributed by atoms with Crippen LogP contribution in [-0.2, 0) is 16.1 Å². The topological polar surface area (TPSA) is 58.2 Å². The molecule has 114 valence electrons. The summed E-state index contributed by atoms with van der Waals surface area (Å²) in [7, 11) is 0. The summed E-state index contributed by atoms with van der Waals surface area (Å²) in [5, 5.41) is 5.97. The standard InChI is InChI=1S/C17H17ClN2O2/c1-12-5-4-7-14(9-12)20-17(22)10-16(21)19-11-13-6-2-3-8-15(13)18/h2-9H,10-11H2,1H3,(H,19,21)(H,20,22). The first-order valence-corrected chi connectivity index (χ1v) is 7.29. The van der Waals surface area contributed by atoms with Gasteiger partial charge in [-0.25, -0.2) is 0 Å². The molecule has 2 rings (SSSR count). The quantitative estimate of drug-likeness (QED) is 0.832. The third kappa shape index (κ3) is 4.90. The Morgan fingerprint density at radius 1 is 1.05 bits per heavy atom. The molecular formula is C17H17ClN2O2. The van der Waals surface area contributed by atoms with Gasteiger partial charge >= 0.3 is 0 Å². The molecular weight excluding hydrogens is 300 g/mol. The highest BCUT2D eigenvalue weighted by molar-refractivity contribution is 6.31. The molecule has 2 aromatic rings. The Labute approximate surface area is 134 Å². The number of carbonyl (C=O) groups is 2. The molecule has 0 aliphatic rings. The lowest BCUT2D eigenvalue weighted by atomic mass is 10.2. The summed E-state index contributed by atoms with van der Waals surface area (Å²) in [5.74, 6) is -0.688. The van der Waals surface area contributed by atoms with E-state index in [9.17, 15) is 9.59 Å². The van der Waals surface area contributed by atoms with Crippen LogP contribution in [0.5, 0.6) is 0 Å². The van der Waals surface area contributed by atoms with E-state index < -0.39 is 0 Å². The summed E-state index contributed by atoms with van der Waals surface area (Å²) in [6, 6.07) is 14.7. The molecule has 0 aliphatic heterocycles. The maximum Gasteiger partial charge on any atom is 0.233 e. The van der Waals surface area contributed by atoms with E-state index in [0.717, 1.165) is 11.1 Å². The highest BCUT2D eigenvalue weighted by Gasteiger charge is 2.10. The van der Waals surface area contributed by atoms with Crippen molar-refractivity contribution in [1.82, 2.24) is 5.32 Å². The molecule has 5 heteroatoms. The molecule has 0 fully saturated rings. The zero-order valence-electron chi connectivity index (χ0n) is 12.2. The van der Waals surface area contributed by atoms with Crippen LogP contribution < -0.4 is 10.6 Å². The summed E-state index contributed by atoms with van der Waals surface area (Å²) in [6.07, 6.45) is -0.224. The second-order valence-corrected chi connectivity index (χ2v) is 5.37. The molecule has 0 unspecified atom stereocenters. The van der Waals surface area contributed by atoms with Crippen molar-refractivity contribution >= 4 is 29.1 Å². The summed E-state index contributed by atoms with van der Waals surface area (Å²) < 4.78 is 0. The van der Waals surface area contributed by atoms with Gasteiger partial charge in [-0.3, -0.25) is 9.59 Å². The van der Waals surface area contributed by atoms with Gasteiger partial charge in [-0.1, -0.05) is 41.9 Å². The fraction of sp³-hybridized carbons (Fsp3) is 0.176. The number of anilines is 1. The molecule has 0 spiro atoms. The van der Waals surface area contributed by atoms with Crippen molar-refractivity contribution < 1.29 is 9.59 Å². The Morgan fingerprint density at radius 3 is 2.55 bits per heavy atom. The minimum absolute atomic E-state index is 0.224. The molecule has 0 aromatic heterocycles. The molecule has 22 heavy (non-hydrogen) atoms. The number of aryl methyl sites for hydroxylation is 1. The van der Waals surface area contributed by atoms with Crippen LogP contribution in [0, 0.1) is 6.92 Å². The Hall–Kier alpha value is -2.33. The highest BCUT2D eigenvalue weighted by Crippen LogP contribution is 2.14. The van der Waals surface area contributed by atoms with Gasteiger partial charge in [0.15, 0.2) is 0 Å². The third-order valence-corrected chi connectivity index (χ3v) is 3.43. The number of benzene rings is 2. The van der Waals surface area contributed by atoms with Gasteiger partial charge in [0, 0.05) is 17.3 Å². The third-order valence-electron chi connectivity index (χ3n) is 3.06. The van der Waals surface area contributed by atoms with E-state index in [0.29, 0.717) is 17.3 Å². The van der Waals surface area contributed by atoms with Crippen LogP contribution in [0.4, 0.5) is 5.69 Å². The van der Waals surface area contributed by atoms with Crippen molar-refractivity contribution in [2.75, 3.05) is 5.32 Å². The first-order valence-electron chi connectivity index (χ1n) is 6.91. The zero-order valence-corrected chi connectivity index (χ0v) is 13.0. The number of hydrogen-bond donors (Lipinski definition) is 2.